The SMILES string of the molecule is COc1ccccc1-c1nnc(SCc2ccccc2C)n1C. The minimum absolute atomic E-state index is 0.804. The quantitative estimate of drug-likeness (QED) is 0.662. The lowest BCUT2D eigenvalue weighted by atomic mass is 10.1. The monoisotopic (exact) mass is 325 g/mol. The van der Waals surface area contributed by atoms with Gasteiger partial charge in [-0.3, -0.25) is 0 Å². The number of aromatic nitrogens is 3. The van der Waals surface area contributed by atoms with Crippen LogP contribution in [0.3, 0.4) is 0 Å². The third kappa shape index (κ3) is 3.24. The van der Waals surface area contributed by atoms with Crippen LogP contribution in [0.15, 0.2) is 53.7 Å². The summed E-state index contributed by atoms with van der Waals surface area (Å²) < 4.78 is 7.44. The van der Waals surface area contributed by atoms with E-state index < -0.39 is 0 Å². The van der Waals surface area contributed by atoms with E-state index in [-0.39, 0.29) is 0 Å². The van der Waals surface area contributed by atoms with Crippen molar-refractivity contribution in [2.45, 2.75) is 17.8 Å². The van der Waals surface area contributed by atoms with E-state index >= 15 is 0 Å². The fraction of sp³-hybridized carbons (Fsp3) is 0.222. The Balaban J connectivity index is 1.84. The van der Waals surface area contributed by atoms with Gasteiger partial charge in [-0.1, -0.05) is 48.2 Å². The molecule has 0 aliphatic rings. The zero-order valence-electron chi connectivity index (χ0n) is 13.5. The molecule has 0 N–H and O–H groups in total. The zero-order valence-corrected chi connectivity index (χ0v) is 14.3. The van der Waals surface area contributed by atoms with Gasteiger partial charge in [0.2, 0.25) is 0 Å². The smallest absolute Gasteiger partial charge is 0.191 e. The maximum absolute atomic E-state index is 5.42. The van der Waals surface area contributed by atoms with Gasteiger partial charge in [0.05, 0.1) is 12.7 Å². The highest BCUT2D eigenvalue weighted by atomic mass is 32.2. The second-order valence-electron chi connectivity index (χ2n) is 5.28. The maximum atomic E-state index is 5.42. The molecule has 1 heterocycles. The predicted octanol–water partition coefficient (Wildman–Crippen LogP) is 4.09. The van der Waals surface area contributed by atoms with Crippen LogP contribution in [0.25, 0.3) is 11.4 Å². The third-order valence-electron chi connectivity index (χ3n) is 3.80. The minimum Gasteiger partial charge on any atom is -0.496 e. The Morgan fingerprint density at radius 3 is 2.57 bits per heavy atom. The molecule has 5 heteroatoms. The molecule has 3 rings (SSSR count). The first-order valence-electron chi connectivity index (χ1n) is 7.41. The lowest BCUT2D eigenvalue weighted by Crippen LogP contribution is -1.97. The molecule has 1 aromatic heterocycles. The Kier molecular flexibility index (Phi) is 4.67. The Morgan fingerprint density at radius 1 is 1.04 bits per heavy atom. The first kappa shape index (κ1) is 15.6. The van der Waals surface area contributed by atoms with Gasteiger partial charge in [-0.05, 0) is 30.2 Å². The highest BCUT2D eigenvalue weighted by Crippen LogP contribution is 2.31. The van der Waals surface area contributed by atoms with Crippen molar-refractivity contribution in [1.82, 2.24) is 14.8 Å². The van der Waals surface area contributed by atoms with Crippen LogP contribution >= 0.6 is 11.8 Å². The summed E-state index contributed by atoms with van der Waals surface area (Å²) in [5, 5.41) is 9.57. The van der Waals surface area contributed by atoms with Gasteiger partial charge in [-0.25, -0.2) is 0 Å². The van der Waals surface area contributed by atoms with Gasteiger partial charge in [0.25, 0.3) is 0 Å². The largest absolute Gasteiger partial charge is 0.496 e. The van der Waals surface area contributed by atoms with Crippen molar-refractivity contribution in [3.05, 3.63) is 59.7 Å². The van der Waals surface area contributed by atoms with Gasteiger partial charge in [0.1, 0.15) is 5.75 Å². The van der Waals surface area contributed by atoms with E-state index in [1.165, 1.54) is 11.1 Å². The molecule has 0 saturated carbocycles. The van der Waals surface area contributed by atoms with Gasteiger partial charge in [-0.2, -0.15) is 0 Å². The van der Waals surface area contributed by atoms with Crippen LogP contribution in [-0.2, 0) is 12.8 Å². The second-order valence-corrected chi connectivity index (χ2v) is 6.22. The summed E-state index contributed by atoms with van der Waals surface area (Å²) in [6.07, 6.45) is 0. The van der Waals surface area contributed by atoms with E-state index in [1.807, 2.05) is 35.9 Å². The molecule has 0 fully saturated rings. The molecular weight excluding hydrogens is 306 g/mol. The first-order chi connectivity index (χ1) is 11.2. The maximum Gasteiger partial charge on any atom is 0.191 e. The van der Waals surface area contributed by atoms with Crippen LogP contribution in [0.4, 0.5) is 0 Å². The Hall–Kier alpha value is -2.27. The van der Waals surface area contributed by atoms with Crippen LogP contribution < -0.4 is 4.74 Å². The number of aryl methyl sites for hydroxylation is 1. The molecule has 2 aromatic carbocycles. The molecule has 0 aliphatic heterocycles. The standard InChI is InChI=1S/C18H19N3OS/c1-13-8-4-5-9-14(13)12-23-18-20-19-17(21(18)2)15-10-6-7-11-16(15)22-3/h4-11H,12H2,1-3H3. The zero-order chi connectivity index (χ0) is 16.2. The molecule has 0 spiro atoms. The molecule has 23 heavy (non-hydrogen) atoms. The molecule has 118 valence electrons. The van der Waals surface area contributed by atoms with Gasteiger partial charge >= 0.3 is 0 Å². The molecule has 0 unspecified atom stereocenters. The molecule has 0 radical (unpaired) electrons. The Labute approximate surface area is 140 Å². The van der Waals surface area contributed by atoms with Crippen molar-refractivity contribution in [3.63, 3.8) is 0 Å². The Morgan fingerprint density at radius 2 is 1.78 bits per heavy atom. The highest BCUT2D eigenvalue weighted by Gasteiger charge is 2.14. The summed E-state index contributed by atoms with van der Waals surface area (Å²) >= 11 is 1.69. The first-order valence-corrected chi connectivity index (χ1v) is 8.39. The van der Waals surface area contributed by atoms with Crippen molar-refractivity contribution in [2.24, 2.45) is 7.05 Å². The fourth-order valence-corrected chi connectivity index (χ4v) is 3.41. The molecule has 0 aliphatic carbocycles. The predicted molar refractivity (Wildman–Crippen MR) is 93.7 cm³/mol. The van der Waals surface area contributed by atoms with Crippen LogP contribution in [0.2, 0.25) is 0 Å². The topological polar surface area (TPSA) is 39.9 Å². The normalized spacial score (nSPS) is 10.7. The van der Waals surface area contributed by atoms with E-state index in [2.05, 4.69) is 41.4 Å². The Bertz CT molecular complexity index is 814. The van der Waals surface area contributed by atoms with E-state index in [4.69, 9.17) is 4.74 Å². The number of hydrogen-bond acceptors (Lipinski definition) is 4. The number of nitrogens with zero attached hydrogens (tertiary/aromatic N) is 3. The number of thioether (sulfide) groups is 1. The molecule has 0 saturated heterocycles. The molecule has 0 atom stereocenters. The summed E-state index contributed by atoms with van der Waals surface area (Å²) in [6, 6.07) is 16.3. The van der Waals surface area contributed by atoms with Crippen molar-refractivity contribution in [2.75, 3.05) is 7.11 Å². The molecular formula is C18H19N3OS. The van der Waals surface area contributed by atoms with Crippen molar-refractivity contribution >= 4 is 11.8 Å². The van der Waals surface area contributed by atoms with E-state index in [9.17, 15) is 0 Å². The summed E-state index contributed by atoms with van der Waals surface area (Å²) in [4.78, 5) is 0. The summed E-state index contributed by atoms with van der Waals surface area (Å²) in [5.74, 6) is 2.50. The lowest BCUT2D eigenvalue weighted by Gasteiger charge is -2.08. The van der Waals surface area contributed by atoms with Crippen molar-refractivity contribution in [1.29, 1.82) is 0 Å². The van der Waals surface area contributed by atoms with E-state index in [1.54, 1.807) is 18.9 Å². The van der Waals surface area contributed by atoms with Crippen LogP contribution in [0, 0.1) is 6.92 Å². The van der Waals surface area contributed by atoms with Crippen molar-refractivity contribution in [3.8, 4) is 17.1 Å². The van der Waals surface area contributed by atoms with Crippen molar-refractivity contribution < 1.29 is 4.74 Å². The van der Waals surface area contributed by atoms with E-state index in [0.717, 1.165) is 28.0 Å². The molecule has 3 aromatic rings. The van der Waals surface area contributed by atoms with Gasteiger partial charge in [0.15, 0.2) is 11.0 Å². The van der Waals surface area contributed by atoms with Gasteiger partial charge in [0, 0.05) is 12.8 Å². The summed E-state index contributed by atoms with van der Waals surface area (Å²) in [5.41, 5.74) is 3.57. The number of benzene rings is 2. The second kappa shape index (κ2) is 6.87. The minimum atomic E-state index is 0.804. The van der Waals surface area contributed by atoms with Crippen LogP contribution in [0.5, 0.6) is 5.75 Å². The van der Waals surface area contributed by atoms with Gasteiger partial charge in [-0.15, -0.1) is 10.2 Å². The average Bonchev–Trinajstić information content (AvgIpc) is 2.95. The molecule has 0 bridgehead atoms. The highest BCUT2D eigenvalue weighted by molar-refractivity contribution is 7.98. The van der Waals surface area contributed by atoms with E-state index in [0.29, 0.717) is 0 Å². The summed E-state index contributed by atoms with van der Waals surface area (Å²) in [6.45, 7) is 2.13. The number of hydrogen-bond donors (Lipinski definition) is 0. The van der Waals surface area contributed by atoms with Gasteiger partial charge < -0.3 is 9.30 Å². The number of ether oxygens (including phenoxy) is 1. The van der Waals surface area contributed by atoms with Crippen LogP contribution in [-0.4, -0.2) is 21.9 Å². The average molecular weight is 325 g/mol. The number of methoxy groups -OCH3 is 1. The number of rotatable bonds is 5. The third-order valence-corrected chi connectivity index (χ3v) is 4.87. The van der Waals surface area contributed by atoms with Crippen LogP contribution in [0.1, 0.15) is 11.1 Å². The summed E-state index contributed by atoms with van der Waals surface area (Å²) in [7, 11) is 3.66. The molecule has 0 amide bonds. The fourth-order valence-electron chi connectivity index (χ4n) is 2.42. The number of para-hydroxylation sites is 1. The lowest BCUT2D eigenvalue weighted by molar-refractivity contribution is 0.416. The molecule has 4 nitrogen and oxygen atoms in total.